The SMILES string of the molecule is COC(=O)C=O.[H+]. The molecule has 0 aromatic rings. The summed E-state index contributed by atoms with van der Waals surface area (Å²) in [4.78, 5) is 18.9. The summed E-state index contributed by atoms with van der Waals surface area (Å²) in [7, 11) is 1.15. The Bertz CT molecular complexity index is 70.6. The van der Waals surface area contributed by atoms with Gasteiger partial charge in [0.15, 0.2) is 0 Å². The first-order valence-electron chi connectivity index (χ1n) is 1.34. The van der Waals surface area contributed by atoms with Crippen LogP contribution in [0.25, 0.3) is 0 Å². The van der Waals surface area contributed by atoms with Gasteiger partial charge >= 0.3 is 7.40 Å². The van der Waals surface area contributed by atoms with Gasteiger partial charge in [-0.3, -0.25) is 4.79 Å². The van der Waals surface area contributed by atoms with Crippen molar-refractivity contribution in [2.75, 3.05) is 7.11 Å². The first-order valence-corrected chi connectivity index (χ1v) is 1.34. The zero-order valence-electron chi connectivity index (χ0n) is 4.30. The Kier molecular flexibility index (Phi) is 2.04. The highest BCUT2D eigenvalue weighted by atomic mass is 16.5. The second kappa shape index (κ2) is 2.38. The van der Waals surface area contributed by atoms with E-state index in [1.165, 1.54) is 0 Å². The maximum Gasteiger partial charge on any atom is 1.00 e. The molecule has 0 saturated carbocycles. The lowest BCUT2D eigenvalue weighted by Crippen LogP contribution is -1.98. The summed E-state index contributed by atoms with van der Waals surface area (Å²) >= 11 is 0. The molecular weight excluding hydrogens is 84.0 g/mol. The standard InChI is InChI=1S/C3H4O3/c1-6-3(5)2-4/h2H,1H3/p+1. The van der Waals surface area contributed by atoms with Gasteiger partial charge in [0.2, 0.25) is 6.29 Å². The highest BCUT2D eigenvalue weighted by molar-refractivity contribution is 6.20. The monoisotopic (exact) mass is 89.0 g/mol. The third kappa shape index (κ3) is 1.46. The molecule has 3 heteroatoms. The Morgan fingerprint density at radius 3 is 2.50 bits per heavy atom. The average Bonchev–Trinajstić information content (AvgIpc) is 1.65. The van der Waals surface area contributed by atoms with Gasteiger partial charge in [-0.25, -0.2) is 4.79 Å². The molecule has 0 atom stereocenters. The van der Waals surface area contributed by atoms with Gasteiger partial charge in [0, 0.05) is 0 Å². The molecule has 0 bridgehead atoms. The minimum Gasteiger partial charge on any atom is -0.463 e. The van der Waals surface area contributed by atoms with E-state index in [1.807, 2.05) is 0 Å². The van der Waals surface area contributed by atoms with Gasteiger partial charge < -0.3 is 4.74 Å². The van der Waals surface area contributed by atoms with E-state index in [0.717, 1.165) is 7.11 Å². The Morgan fingerprint density at radius 2 is 2.50 bits per heavy atom. The predicted octanol–water partition coefficient (Wildman–Crippen LogP) is -0.529. The number of ether oxygens (including phenoxy) is 1. The van der Waals surface area contributed by atoms with Gasteiger partial charge in [-0.2, -0.15) is 0 Å². The first kappa shape index (κ1) is 5.14. The Labute approximate surface area is 36.4 Å². The van der Waals surface area contributed by atoms with Gasteiger partial charge in [0.1, 0.15) is 0 Å². The van der Waals surface area contributed by atoms with Crippen LogP contribution in [0.15, 0.2) is 0 Å². The molecule has 0 amide bonds. The van der Waals surface area contributed by atoms with E-state index < -0.39 is 5.97 Å². The van der Waals surface area contributed by atoms with Crippen LogP contribution < -0.4 is 0 Å². The van der Waals surface area contributed by atoms with Gasteiger partial charge in [-0.15, -0.1) is 0 Å². The van der Waals surface area contributed by atoms with Crippen LogP contribution in [0.1, 0.15) is 1.43 Å². The Balaban J connectivity index is 0. The molecule has 34 valence electrons. The van der Waals surface area contributed by atoms with Crippen LogP contribution in [0.3, 0.4) is 0 Å². The van der Waals surface area contributed by atoms with E-state index >= 15 is 0 Å². The maximum absolute atomic E-state index is 9.59. The van der Waals surface area contributed by atoms with Crippen LogP contribution in [-0.2, 0) is 14.3 Å². The minimum absolute atomic E-state index is 0. The molecule has 0 aromatic heterocycles. The normalized spacial score (nSPS) is 6.83. The number of methoxy groups -OCH3 is 1. The van der Waals surface area contributed by atoms with Crippen molar-refractivity contribution in [1.82, 2.24) is 0 Å². The summed E-state index contributed by atoms with van der Waals surface area (Å²) < 4.78 is 3.89. The topological polar surface area (TPSA) is 43.4 Å². The lowest BCUT2D eigenvalue weighted by Gasteiger charge is -1.79. The van der Waals surface area contributed by atoms with Crippen molar-refractivity contribution in [2.45, 2.75) is 0 Å². The number of esters is 1. The lowest BCUT2D eigenvalue weighted by atomic mass is 10.8. The van der Waals surface area contributed by atoms with Gasteiger partial charge in [-0.05, 0) is 0 Å². The summed E-state index contributed by atoms with van der Waals surface area (Å²) in [6.07, 6.45) is 0.111. The van der Waals surface area contributed by atoms with E-state index in [0.29, 0.717) is 0 Å². The van der Waals surface area contributed by atoms with E-state index in [2.05, 4.69) is 4.74 Å². The van der Waals surface area contributed by atoms with Crippen LogP contribution in [0, 0.1) is 0 Å². The molecule has 0 rings (SSSR count). The van der Waals surface area contributed by atoms with Crippen LogP contribution in [0.4, 0.5) is 0 Å². The molecule has 0 aliphatic heterocycles. The van der Waals surface area contributed by atoms with E-state index in [4.69, 9.17) is 0 Å². The van der Waals surface area contributed by atoms with E-state index in [9.17, 15) is 9.59 Å². The fourth-order valence-corrected chi connectivity index (χ4v) is 0.0481. The zero-order chi connectivity index (χ0) is 4.99. The number of hydrogen-bond acceptors (Lipinski definition) is 3. The third-order valence-corrected chi connectivity index (χ3v) is 0.297. The van der Waals surface area contributed by atoms with Crippen LogP contribution in [0.5, 0.6) is 0 Å². The largest absolute Gasteiger partial charge is 1.00 e. The fourth-order valence-electron chi connectivity index (χ4n) is 0.0481. The molecule has 0 radical (unpaired) electrons. The molecule has 0 fully saturated rings. The van der Waals surface area contributed by atoms with Gasteiger partial charge in [-0.1, -0.05) is 0 Å². The highest BCUT2D eigenvalue weighted by Crippen LogP contribution is 1.58. The van der Waals surface area contributed by atoms with Crippen molar-refractivity contribution in [3.63, 3.8) is 0 Å². The molecule has 0 heterocycles. The quantitative estimate of drug-likeness (QED) is 0.246. The average molecular weight is 89.1 g/mol. The summed E-state index contributed by atoms with van der Waals surface area (Å²) in [5, 5.41) is 0. The van der Waals surface area contributed by atoms with Crippen molar-refractivity contribution in [3.05, 3.63) is 0 Å². The second-order valence-corrected chi connectivity index (χ2v) is 0.641. The first-order chi connectivity index (χ1) is 2.81. The molecule has 3 nitrogen and oxygen atoms in total. The number of carbonyl (C=O) groups is 2. The summed E-state index contributed by atoms with van der Waals surface area (Å²) in [5.74, 6) is -0.838. The van der Waals surface area contributed by atoms with Crippen molar-refractivity contribution < 1.29 is 15.8 Å². The molecule has 0 N–H and O–H groups in total. The van der Waals surface area contributed by atoms with Crippen molar-refractivity contribution in [2.24, 2.45) is 0 Å². The Hall–Kier alpha value is -0.860. The number of hydrogen-bond donors (Lipinski definition) is 0. The van der Waals surface area contributed by atoms with E-state index in [-0.39, 0.29) is 7.71 Å². The number of aldehydes is 1. The molecule has 0 aliphatic rings. The molecule has 0 unspecified atom stereocenters. The van der Waals surface area contributed by atoms with E-state index in [1.54, 1.807) is 0 Å². The van der Waals surface area contributed by atoms with Crippen LogP contribution in [-0.4, -0.2) is 19.4 Å². The smallest absolute Gasteiger partial charge is 0.463 e. The van der Waals surface area contributed by atoms with Crippen molar-refractivity contribution >= 4 is 12.3 Å². The third-order valence-electron chi connectivity index (χ3n) is 0.297. The Morgan fingerprint density at radius 1 is 2.00 bits per heavy atom. The lowest BCUT2D eigenvalue weighted by molar-refractivity contribution is -0.146. The van der Waals surface area contributed by atoms with Crippen LogP contribution in [0.2, 0.25) is 0 Å². The highest BCUT2D eigenvalue weighted by Gasteiger charge is 1.88. The number of carbonyl (C=O) groups excluding carboxylic acids is 2. The fraction of sp³-hybridized carbons (Fsp3) is 0.333. The molecule has 0 aromatic carbocycles. The molecule has 0 aliphatic carbocycles. The zero-order valence-corrected chi connectivity index (χ0v) is 3.30. The summed E-state index contributed by atoms with van der Waals surface area (Å²) in [6.45, 7) is 0. The molecular formula is C3H5O3+. The second-order valence-electron chi connectivity index (χ2n) is 0.641. The molecule has 0 spiro atoms. The van der Waals surface area contributed by atoms with Gasteiger partial charge in [0.05, 0.1) is 7.11 Å². The van der Waals surface area contributed by atoms with Gasteiger partial charge in [0.25, 0.3) is 0 Å². The summed E-state index contributed by atoms with van der Waals surface area (Å²) in [6, 6.07) is 0. The minimum atomic E-state index is -0.838. The van der Waals surface area contributed by atoms with Crippen molar-refractivity contribution in [1.29, 1.82) is 0 Å². The molecule has 0 saturated heterocycles. The van der Waals surface area contributed by atoms with Crippen LogP contribution >= 0.6 is 0 Å². The summed E-state index contributed by atoms with van der Waals surface area (Å²) in [5.41, 5.74) is 0. The molecule has 6 heavy (non-hydrogen) atoms. The number of rotatable bonds is 1. The van der Waals surface area contributed by atoms with Crippen molar-refractivity contribution in [3.8, 4) is 0 Å². The maximum atomic E-state index is 9.59. The predicted molar refractivity (Wildman–Crippen MR) is 19.2 cm³/mol.